The van der Waals surface area contributed by atoms with Crippen molar-refractivity contribution < 1.29 is 9.53 Å². The van der Waals surface area contributed by atoms with E-state index in [-0.39, 0.29) is 6.03 Å². The quantitative estimate of drug-likeness (QED) is 0.512. The van der Waals surface area contributed by atoms with Gasteiger partial charge in [-0.25, -0.2) is 4.79 Å². The number of benzene rings is 1. The van der Waals surface area contributed by atoms with Gasteiger partial charge in [0, 0.05) is 13.7 Å². The first-order chi connectivity index (χ1) is 7.24. The minimum atomic E-state index is -0.287. The van der Waals surface area contributed by atoms with E-state index in [0.717, 1.165) is 0 Å². The van der Waals surface area contributed by atoms with Crippen LogP contribution in [0.15, 0.2) is 24.3 Å². The summed E-state index contributed by atoms with van der Waals surface area (Å²) in [6.45, 7) is 0.951. The fourth-order valence-electron chi connectivity index (χ4n) is 1.04. The third kappa shape index (κ3) is 3.86. The van der Waals surface area contributed by atoms with Gasteiger partial charge in [-0.2, -0.15) is 0 Å². The van der Waals surface area contributed by atoms with Crippen molar-refractivity contribution in [3.63, 3.8) is 0 Å². The molecule has 4 N–H and O–H groups in total. The molecule has 1 rings (SSSR count). The fourth-order valence-corrected chi connectivity index (χ4v) is 1.04. The molecule has 1 aromatic carbocycles. The van der Waals surface area contributed by atoms with Crippen molar-refractivity contribution in [2.45, 2.75) is 0 Å². The molecule has 82 valence electrons. The van der Waals surface area contributed by atoms with Crippen molar-refractivity contribution in [2.75, 3.05) is 31.3 Å². The fraction of sp³-hybridized carbons (Fsp3) is 0.300. The standard InChI is InChI=1S/C10H15N3O2/c1-15-7-6-12-10(14)13-9-5-3-2-4-8(9)11/h2-5H,6-7,11H2,1H3,(H2,12,13,14). The Balaban J connectivity index is 2.41. The van der Waals surface area contributed by atoms with Gasteiger partial charge >= 0.3 is 6.03 Å². The minimum Gasteiger partial charge on any atom is -0.397 e. The number of nitrogen functional groups attached to an aromatic ring is 1. The highest BCUT2D eigenvalue weighted by Gasteiger charge is 2.02. The summed E-state index contributed by atoms with van der Waals surface area (Å²) in [6, 6.07) is 6.80. The lowest BCUT2D eigenvalue weighted by Crippen LogP contribution is -2.31. The number of methoxy groups -OCH3 is 1. The molecule has 5 heteroatoms. The molecular weight excluding hydrogens is 194 g/mol. The molecule has 0 saturated carbocycles. The normalized spacial score (nSPS) is 9.67. The molecule has 0 spiro atoms. The predicted octanol–water partition coefficient (Wildman–Crippen LogP) is 1.04. The number of carbonyl (C=O) groups excluding carboxylic acids is 1. The largest absolute Gasteiger partial charge is 0.397 e. The van der Waals surface area contributed by atoms with E-state index in [2.05, 4.69) is 10.6 Å². The predicted molar refractivity (Wildman–Crippen MR) is 59.8 cm³/mol. The monoisotopic (exact) mass is 209 g/mol. The average Bonchev–Trinajstić information content (AvgIpc) is 2.22. The van der Waals surface area contributed by atoms with E-state index >= 15 is 0 Å². The number of anilines is 2. The van der Waals surface area contributed by atoms with Gasteiger partial charge in [-0.15, -0.1) is 0 Å². The van der Waals surface area contributed by atoms with Crippen LogP contribution in [0.1, 0.15) is 0 Å². The van der Waals surface area contributed by atoms with Crippen LogP contribution in [0.4, 0.5) is 16.2 Å². The molecule has 0 heterocycles. The number of hydrogen-bond donors (Lipinski definition) is 3. The number of nitrogens with one attached hydrogen (secondary N) is 2. The Labute approximate surface area is 88.6 Å². The number of ether oxygens (including phenoxy) is 1. The second-order valence-electron chi connectivity index (χ2n) is 2.96. The summed E-state index contributed by atoms with van der Waals surface area (Å²) >= 11 is 0. The summed E-state index contributed by atoms with van der Waals surface area (Å²) in [5.74, 6) is 0. The van der Waals surface area contributed by atoms with E-state index in [1.54, 1.807) is 25.3 Å². The molecule has 0 aliphatic heterocycles. The molecule has 0 unspecified atom stereocenters. The maximum absolute atomic E-state index is 11.3. The first kappa shape index (κ1) is 11.3. The summed E-state index contributed by atoms with van der Waals surface area (Å²) in [4.78, 5) is 11.3. The number of nitrogens with two attached hydrogens (primary N) is 1. The zero-order valence-corrected chi connectivity index (χ0v) is 8.62. The molecule has 0 fully saturated rings. The van der Waals surface area contributed by atoms with Crippen LogP contribution in [0, 0.1) is 0 Å². The summed E-state index contributed by atoms with van der Waals surface area (Å²) in [5, 5.41) is 5.27. The van der Waals surface area contributed by atoms with Crippen molar-refractivity contribution >= 4 is 17.4 Å². The van der Waals surface area contributed by atoms with Crippen molar-refractivity contribution in [2.24, 2.45) is 0 Å². The second kappa shape index (κ2) is 5.87. The molecule has 5 nitrogen and oxygen atoms in total. The molecule has 0 radical (unpaired) electrons. The van der Waals surface area contributed by atoms with E-state index in [9.17, 15) is 4.79 Å². The van der Waals surface area contributed by atoms with E-state index in [4.69, 9.17) is 10.5 Å². The van der Waals surface area contributed by atoms with Gasteiger partial charge in [0.1, 0.15) is 0 Å². The molecule has 0 saturated heterocycles. The van der Waals surface area contributed by atoms with Gasteiger partial charge in [0.25, 0.3) is 0 Å². The van der Waals surface area contributed by atoms with E-state index < -0.39 is 0 Å². The lowest BCUT2D eigenvalue weighted by molar-refractivity contribution is 0.198. The number of rotatable bonds is 4. The molecule has 0 aliphatic rings. The van der Waals surface area contributed by atoms with E-state index in [0.29, 0.717) is 24.5 Å². The Kier molecular flexibility index (Phi) is 4.43. The van der Waals surface area contributed by atoms with Gasteiger partial charge in [0.15, 0.2) is 0 Å². The highest BCUT2D eigenvalue weighted by atomic mass is 16.5. The summed E-state index contributed by atoms with van der Waals surface area (Å²) < 4.78 is 4.80. The molecule has 1 aromatic rings. The molecular formula is C10H15N3O2. The van der Waals surface area contributed by atoms with Gasteiger partial charge in [0.05, 0.1) is 18.0 Å². The molecule has 0 atom stereocenters. The van der Waals surface area contributed by atoms with Crippen molar-refractivity contribution in [3.05, 3.63) is 24.3 Å². The first-order valence-electron chi connectivity index (χ1n) is 4.62. The molecule has 0 aromatic heterocycles. The molecule has 0 bridgehead atoms. The van der Waals surface area contributed by atoms with Crippen LogP contribution in [0.3, 0.4) is 0 Å². The molecule has 0 aliphatic carbocycles. The second-order valence-corrected chi connectivity index (χ2v) is 2.96. The summed E-state index contributed by atoms with van der Waals surface area (Å²) in [7, 11) is 1.58. The SMILES string of the molecule is COCCNC(=O)Nc1ccccc1N. The maximum atomic E-state index is 11.3. The van der Waals surface area contributed by atoms with Crippen molar-refractivity contribution in [3.8, 4) is 0 Å². The first-order valence-corrected chi connectivity index (χ1v) is 4.62. The van der Waals surface area contributed by atoms with Crippen LogP contribution in [-0.4, -0.2) is 26.3 Å². The third-order valence-corrected chi connectivity index (χ3v) is 1.80. The summed E-state index contributed by atoms with van der Waals surface area (Å²) in [6.07, 6.45) is 0. The van der Waals surface area contributed by atoms with Gasteiger partial charge in [-0.3, -0.25) is 0 Å². The van der Waals surface area contributed by atoms with Gasteiger partial charge < -0.3 is 21.1 Å². The lowest BCUT2D eigenvalue weighted by atomic mass is 10.3. The number of hydrogen-bond acceptors (Lipinski definition) is 3. The number of para-hydroxylation sites is 2. The Morgan fingerprint density at radius 2 is 2.20 bits per heavy atom. The third-order valence-electron chi connectivity index (χ3n) is 1.80. The van der Waals surface area contributed by atoms with E-state index in [1.807, 2.05) is 6.07 Å². The zero-order chi connectivity index (χ0) is 11.1. The van der Waals surface area contributed by atoms with Gasteiger partial charge in [-0.1, -0.05) is 12.1 Å². The Hall–Kier alpha value is -1.75. The van der Waals surface area contributed by atoms with Crippen LogP contribution < -0.4 is 16.4 Å². The number of urea groups is 1. The van der Waals surface area contributed by atoms with Crippen LogP contribution in [0.2, 0.25) is 0 Å². The minimum absolute atomic E-state index is 0.287. The maximum Gasteiger partial charge on any atom is 0.319 e. The topological polar surface area (TPSA) is 76.4 Å². The summed E-state index contributed by atoms with van der Waals surface area (Å²) in [5.41, 5.74) is 6.80. The van der Waals surface area contributed by atoms with Crippen LogP contribution >= 0.6 is 0 Å². The van der Waals surface area contributed by atoms with Gasteiger partial charge in [0.2, 0.25) is 0 Å². The van der Waals surface area contributed by atoms with Gasteiger partial charge in [-0.05, 0) is 12.1 Å². The van der Waals surface area contributed by atoms with Crippen LogP contribution in [-0.2, 0) is 4.74 Å². The Morgan fingerprint density at radius 3 is 2.87 bits per heavy atom. The highest BCUT2D eigenvalue weighted by molar-refractivity contribution is 5.92. The van der Waals surface area contributed by atoms with Crippen molar-refractivity contribution in [1.29, 1.82) is 0 Å². The van der Waals surface area contributed by atoms with Crippen LogP contribution in [0.25, 0.3) is 0 Å². The Morgan fingerprint density at radius 1 is 1.47 bits per heavy atom. The number of amides is 2. The highest BCUT2D eigenvalue weighted by Crippen LogP contribution is 2.15. The lowest BCUT2D eigenvalue weighted by Gasteiger charge is -2.08. The number of carbonyl (C=O) groups is 1. The molecule has 2 amide bonds. The smallest absolute Gasteiger partial charge is 0.319 e. The van der Waals surface area contributed by atoms with Crippen LogP contribution in [0.5, 0.6) is 0 Å². The van der Waals surface area contributed by atoms with E-state index in [1.165, 1.54) is 0 Å². The zero-order valence-electron chi connectivity index (χ0n) is 8.62. The average molecular weight is 209 g/mol. The molecule has 15 heavy (non-hydrogen) atoms. The van der Waals surface area contributed by atoms with Crippen molar-refractivity contribution in [1.82, 2.24) is 5.32 Å². The Bertz CT molecular complexity index is 328.